The molecule has 1 aliphatic rings. The fourth-order valence-electron chi connectivity index (χ4n) is 3.11. The van der Waals surface area contributed by atoms with Gasteiger partial charge in [-0.1, -0.05) is 0 Å². The second kappa shape index (κ2) is 6.99. The van der Waals surface area contributed by atoms with Crippen molar-refractivity contribution in [1.82, 2.24) is 24.6 Å². The maximum Gasteiger partial charge on any atom is 0.322 e. The third kappa shape index (κ3) is 3.30. The van der Waals surface area contributed by atoms with Crippen molar-refractivity contribution in [2.45, 2.75) is 26.9 Å². The summed E-state index contributed by atoms with van der Waals surface area (Å²) in [4.78, 5) is 22.5. The van der Waals surface area contributed by atoms with Gasteiger partial charge < -0.3 is 10.2 Å². The van der Waals surface area contributed by atoms with Crippen molar-refractivity contribution in [2.24, 2.45) is 0 Å². The van der Waals surface area contributed by atoms with E-state index >= 15 is 0 Å². The number of rotatable bonds is 2. The maximum absolute atomic E-state index is 13.5. The standard InChI is InChI=1S/C19H18F2N6O/c1-11-7-13(3-4-15(11)20)25-19(28)26-5-6-27-17(10-26)14(8-23-27)18-22-9-16(21)12(2)24-18/h3-4,7-9H,5-6,10H2,1-2H3,(H,25,28). The van der Waals surface area contributed by atoms with E-state index in [-0.39, 0.29) is 17.5 Å². The Morgan fingerprint density at radius 2 is 1.96 bits per heavy atom. The number of hydrogen-bond acceptors (Lipinski definition) is 4. The van der Waals surface area contributed by atoms with E-state index in [0.29, 0.717) is 42.3 Å². The van der Waals surface area contributed by atoms with Crippen LogP contribution in [0.4, 0.5) is 19.3 Å². The molecule has 0 fully saturated rings. The largest absolute Gasteiger partial charge is 0.322 e. The van der Waals surface area contributed by atoms with Crippen LogP contribution in [0.2, 0.25) is 0 Å². The lowest BCUT2D eigenvalue weighted by Crippen LogP contribution is -2.41. The number of halogens is 2. The third-order valence-corrected chi connectivity index (χ3v) is 4.73. The van der Waals surface area contributed by atoms with Crippen molar-refractivity contribution in [2.75, 3.05) is 11.9 Å². The Labute approximate surface area is 160 Å². The van der Waals surface area contributed by atoms with E-state index in [1.807, 2.05) is 0 Å². The van der Waals surface area contributed by atoms with E-state index in [2.05, 4.69) is 20.4 Å². The Morgan fingerprint density at radius 3 is 2.71 bits per heavy atom. The molecule has 0 spiro atoms. The van der Waals surface area contributed by atoms with Gasteiger partial charge in [0.25, 0.3) is 0 Å². The number of anilines is 1. The van der Waals surface area contributed by atoms with E-state index < -0.39 is 5.82 Å². The number of amides is 2. The van der Waals surface area contributed by atoms with Crippen LogP contribution < -0.4 is 5.32 Å². The predicted molar refractivity (Wildman–Crippen MR) is 98.5 cm³/mol. The third-order valence-electron chi connectivity index (χ3n) is 4.73. The number of nitrogens with one attached hydrogen (secondary N) is 1. The number of fused-ring (bicyclic) bond motifs is 1. The molecule has 3 aromatic rings. The molecule has 0 saturated carbocycles. The molecule has 0 aliphatic carbocycles. The van der Waals surface area contributed by atoms with Gasteiger partial charge >= 0.3 is 6.03 Å². The first kappa shape index (κ1) is 18.0. The summed E-state index contributed by atoms with van der Waals surface area (Å²) < 4.78 is 28.7. The van der Waals surface area contributed by atoms with Crippen LogP contribution in [0.3, 0.4) is 0 Å². The van der Waals surface area contributed by atoms with Gasteiger partial charge in [-0.3, -0.25) is 4.68 Å². The topological polar surface area (TPSA) is 75.9 Å². The fourth-order valence-corrected chi connectivity index (χ4v) is 3.11. The van der Waals surface area contributed by atoms with Crippen LogP contribution in [-0.2, 0) is 13.1 Å². The number of aromatic nitrogens is 4. The van der Waals surface area contributed by atoms with Crippen LogP contribution in [0.15, 0.2) is 30.6 Å². The van der Waals surface area contributed by atoms with Gasteiger partial charge in [0.15, 0.2) is 11.6 Å². The molecule has 1 aliphatic heterocycles. The highest BCUT2D eigenvalue weighted by Crippen LogP contribution is 2.25. The van der Waals surface area contributed by atoms with Gasteiger partial charge in [0, 0.05) is 12.2 Å². The second-order valence-corrected chi connectivity index (χ2v) is 6.67. The molecule has 0 bridgehead atoms. The zero-order valence-electron chi connectivity index (χ0n) is 15.4. The first-order valence-corrected chi connectivity index (χ1v) is 8.78. The monoisotopic (exact) mass is 384 g/mol. The van der Waals surface area contributed by atoms with E-state index in [1.54, 1.807) is 35.7 Å². The van der Waals surface area contributed by atoms with Crippen LogP contribution in [0.1, 0.15) is 17.0 Å². The van der Waals surface area contributed by atoms with Gasteiger partial charge in [-0.05, 0) is 37.6 Å². The molecule has 0 atom stereocenters. The Hall–Kier alpha value is -3.36. The normalized spacial score (nSPS) is 13.4. The molecule has 28 heavy (non-hydrogen) atoms. The van der Waals surface area contributed by atoms with Gasteiger partial charge in [0.2, 0.25) is 0 Å². The summed E-state index contributed by atoms with van der Waals surface area (Å²) in [5.74, 6) is -0.420. The number of hydrogen-bond donors (Lipinski definition) is 1. The molecule has 4 rings (SSSR count). The summed E-state index contributed by atoms with van der Waals surface area (Å²) in [6.45, 7) is 4.51. The van der Waals surface area contributed by atoms with E-state index in [0.717, 1.165) is 11.9 Å². The van der Waals surface area contributed by atoms with Crippen molar-refractivity contribution < 1.29 is 13.6 Å². The smallest absolute Gasteiger partial charge is 0.317 e. The van der Waals surface area contributed by atoms with Crippen LogP contribution in [-0.4, -0.2) is 37.2 Å². The van der Waals surface area contributed by atoms with Gasteiger partial charge in [0.05, 0.1) is 42.4 Å². The number of carbonyl (C=O) groups excluding carboxylic acids is 1. The molecule has 0 radical (unpaired) electrons. The lowest BCUT2D eigenvalue weighted by molar-refractivity contribution is 0.194. The number of benzene rings is 1. The first-order chi connectivity index (χ1) is 13.4. The molecule has 2 aromatic heterocycles. The molecular formula is C19H18F2N6O. The summed E-state index contributed by atoms with van der Waals surface area (Å²) in [5.41, 5.74) is 2.68. The number of aryl methyl sites for hydroxylation is 2. The molecule has 3 heterocycles. The quantitative estimate of drug-likeness (QED) is 0.736. The van der Waals surface area contributed by atoms with Crippen molar-refractivity contribution in [3.05, 3.63) is 59.2 Å². The summed E-state index contributed by atoms with van der Waals surface area (Å²) in [6.07, 6.45) is 2.76. The maximum atomic E-state index is 13.5. The summed E-state index contributed by atoms with van der Waals surface area (Å²) in [7, 11) is 0. The minimum Gasteiger partial charge on any atom is -0.317 e. The van der Waals surface area contributed by atoms with Crippen LogP contribution in [0.25, 0.3) is 11.4 Å². The SMILES string of the molecule is Cc1cc(NC(=O)N2CCn3ncc(-c4ncc(F)c(C)n4)c3C2)ccc1F. The first-order valence-electron chi connectivity index (χ1n) is 8.78. The van der Waals surface area contributed by atoms with Crippen LogP contribution in [0.5, 0.6) is 0 Å². The van der Waals surface area contributed by atoms with E-state index in [4.69, 9.17) is 0 Å². The molecule has 9 heteroatoms. The van der Waals surface area contributed by atoms with Gasteiger partial charge in [-0.15, -0.1) is 0 Å². The molecule has 2 amide bonds. The molecule has 0 unspecified atom stereocenters. The second-order valence-electron chi connectivity index (χ2n) is 6.67. The Bertz CT molecular complexity index is 1060. The highest BCUT2D eigenvalue weighted by molar-refractivity contribution is 5.89. The molecule has 0 saturated heterocycles. The minimum absolute atomic E-state index is 0.252. The summed E-state index contributed by atoms with van der Waals surface area (Å²) in [5, 5.41) is 7.12. The molecule has 1 aromatic carbocycles. The highest BCUT2D eigenvalue weighted by atomic mass is 19.1. The summed E-state index contributed by atoms with van der Waals surface area (Å²) >= 11 is 0. The zero-order chi connectivity index (χ0) is 19.8. The Kier molecular flexibility index (Phi) is 4.50. The van der Waals surface area contributed by atoms with Gasteiger partial charge in [-0.25, -0.2) is 23.5 Å². The molecule has 7 nitrogen and oxygen atoms in total. The van der Waals surface area contributed by atoms with Crippen molar-refractivity contribution in [3.63, 3.8) is 0 Å². The predicted octanol–water partition coefficient (Wildman–Crippen LogP) is 3.28. The summed E-state index contributed by atoms with van der Waals surface area (Å²) in [6, 6.07) is 4.14. The highest BCUT2D eigenvalue weighted by Gasteiger charge is 2.25. The number of urea groups is 1. The lowest BCUT2D eigenvalue weighted by Gasteiger charge is -2.28. The Balaban J connectivity index is 1.55. The average Bonchev–Trinajstić information content (AvgIpc) is 3.10. The molecular weight excluding hydrogens is 366 g/mol. The van der Waals surface area contributed by atoms with Crippen LogP contribution >= 0.6 is 0 Å². The van der Waals surface area contributed by atoms with Gasteiger partial charge in [-0.2, -0.15) is 5.10 Å². The molecule has 1 N–H and O–H groups in total. The lowest BCUT2D eigenvalue weighted by atomic mass is 10.2. The average molecular weight is 384 g/mol. The minimum atomic E-state index is -0.472. The fraction of sp³-hybridized carbons (Fsp3) is 0.263. The molecule has 144 valence electrons. The van der Waals surface area contributed by atoms with E-state index in [1.165, 1.54) is 12.1 Å². The zero-order valence-corrected chi connectivity index (χ0v) is 15.4. The van der Waals surface area contributed by atoms with Crippen molar-refractivity contribution in [3.8, 4) is 11.4 Å². The van der Waals surface area contributed by atoms with Gasteiger partial charge in [0.1, 0.15) is 5.82 Å². The number of carbonyl (C=O) groups is 1. The number of nitrogens with zero attached hydrogens (tertiary/aromatic N) is 5. The van der Waals surface area contributed by atoms with Crippen molar-refractivity contribution in [1.29, 1.82) is 0 Å². The van der Waals surface area contributed by atoms with Crippen LogP contribution in [0, 0.1) is 25.5 Å². The van der Waals surface area contributed by atoms with Crippen molar-refractivity contribution >= 4 is 11.7 Å². The van der Waals surface area contributed by atoms with E-state index in [9.17, 15) is 13.6 Å². The Morgan fingerprint density at radius 1 is 1.14 bits per heavy atom.